The second-order valence-corrected chi connectivity index (χ2v) is 33.2. The van der Waals surface area contributed by atoms with Crippen LogP contribution in [-0.4, -0.2) is 242 Å². The molecule has 614 valence electrons. The number of hydrogen-bond donors (Lipinski definition) is 3. The summed E-state index contributed by atoms with van der Waals surface area (Å²) in [4.78, 5) is 76.5. The smallest absolute Gasteiger partial charge is 0.410 e. The van der Waals surface area contributed by atoms with Crippen molar-refractivity contribution in [1.29, 1.82) is 0 Å². The number of aliphatic hydroxyl groups is 2. The number of rotatable bonds is 36. The van der Waals surface area contributed by atoms with E-state index < -0.39 is 107 Å². The number of nitrogens with zero attached hydrogens (tertiary/aromatic N) is 10. The van der Waals surface area contributed by atoms with Gasteiger partial charge < -0.3 is 87.5 Å². The average Bonchev–Trinajstić information content (AvgIpc) is 1.67. The van der Waals surface area contributed by atoms with Gasteiger partial charge in [-0.05, 0) is 185 Å². The molecule has 0 aromatic heterocycles. The number of methoxy groups -OCH3 is 2. The maximum Gasteiger partial charge on any atom is 0.410 e. The molecule has 6 aliphatic rings. The Bertz CT molecular complexity index is 3110. The van der Waals surface area contributed by atoms with Crippen molar-refractivity contribution in [2.24, 2.45) is 51.5 Å². The van der Waals surface area contributed by atoms with Gasteiger partial charge >= 0.3 is 24.1 Å². The Morgan fingerprint density at radius 3 is 1.36 bits per heavy atom. The zero-order valence-electron chi connectivity index (χ0n) is 70.0. The van der Waals surface area contributed by atoms with Crippen LogP contribution in [0.1, 0.15) is 223 Å². The van der Waals surface area contributed by atoms with Gasteiger partial charge in [0.1, 0.15) is 17.3 Å². The lowest BCUT2D eigenvalue weighted by molar-refractivity contribution is -0.285. The molecule has 0 bridgehead atoms. The number of ether oxygens (including phenoxy) is 12. The summed E-state index contributed by atoms with van der Waals surface area (Å²) in [6.45, 7) is 43.0. The van der Waals surface area contributed by atoms with Crippen molar-refractivity contribution < 1.29 is 91.0 Å². The van der Waals surface area contributed by atoms with E-state index in [1.165, 1.54) is 6.92 Å². The van der Waals surface area contributed by atoms with Gasteiger partial charge in [-0.25, -0.2) is 19.2 Å². The predicted molar refractivity (Wildman–Crippen MR) is 404 cm³/mol. The van der Waals surface area contributed by atoms with E-state index in [1.54, 1.807) is 79.4 Å². The number of aliphatic hydroxyl groups excluding tert-OH is 2. The van der Waals surface area contributed by atoms with Crippen molar-refractivity contribution >= 4 is 29.9 Å². The summed E-state index contributed by atoms with van der Waals surface area (Å²) in [6.07, 6.45) is 1.95. The van der Waals surface area contributed by atoms with Gasteiger partial charge in [0, 0.05) is 126 Å². The number of amides is 2. The number of hydrogen-bond acceptors (Lipinski definition) is 24. The molecule has 6 rings (SSSR count). The number of nitrogens with two attached hydrogens (primary N) is 1. The molecule has 0 aromatic carbocycles. The number of carbonyl (C=O) groups excluding carboxylic acids is 5. The van der Waals surface area contributed by atoms with E-state index in [2.05, 4.69) is 92.7 Å². The van der Waals surface area contributed by atoms with Crippen LogP contribution in [0, 0.1) is 35.5 Å². The first kappa shape index (κ1) is 93.8. The van der Waals surface area contributed by atoms with Crippen LogP contribution in [0.5, 0.6) is 0 Å². The normalized spacial score (nSPS) is 30.8. The lowest BCUT2D eigenvalue weighted by Crippen LogP contribution is -2.58. The molecular weight excluding hydrogens is 1380 g/mol. The van der Waals surface area contributed by atoms with Crippen LogP contribution in [0.25, 0.3) is 20.9 Å². The minimum Gasteiger partial charge on any atom is -0.456 e. The standard InChI is InChI=1S/C39H69N5O9.C25H43NO7.C13H25N5O3/c1-15-30(45)39(11)32(44(36(47)53-39)19-17-16-18-41-42-40)24(3)20-23(2)22-38(10,48-14)33(27(6)31-28(7)34(46)52-37(8,9)51-31)50-35-26(5)29(43(12)13)21-25(4)49-35;1-14(27)13-25(8,29-11)21(17(4)20-18(5)22(28)33-24(6,7)32-20)31-23-16(3)19(26(9)10)12-15(2)30-23;1-4-10(19)13(3)11(9(2)14)18(12(20)21-13)8-6-5-7-16-17-15/h23-27,29-30,32-33,35,45H,15-22H2,1-14H3;15-17,19,21,23H,12-13H2,1-11H3;9-11,19H,4-8,14H2,1-3H3/t23?,24-,25+,26+,27?,29?,30+,32+,33+,35-,38+,39+;15?,16?,17?,19?,21-,23+,25-;9-,10-,11-,13-/m011/s1. The second kappa shape index (κ2) is 40.0. The number of cyclic esters (lactones) is 4. The predicted octanol–water partition coefficient (Wildman–Crippen LogP) is 12.6. The van der Waals surface area contributed by atoms with E-state index in [0.717, 1.165) is 12.8 Å². The van der Waals surface area contributed by atoms with Crippen LogP contribution < -0.4 is 5.73 Å². The molecule has 23 atom stereocenters. The fourth-order valence-electron chi connectivity index (χ4n) is 17.1. The highest BCUT2D eigenvalue weighted by Gasteiger charge is 2.59. The lowest BCUT2D eigenvalue weighted by atomic mass is 9.75. The Labute approximate surface area is 637 Å². The summed E-state index contributed by atoms with van der Waals surface area (Å²) in [5.41, 5.74) is 19.7. The summed E-state index contributed by atoms with van der Waals surface area (Å²) in [7, 11) is 11.5. The first-order valence-corrected chi connectivity index (χ1v) is 38.6. The molecule has 2 amide bonds. The molecule has 107 heavy (non-hydrogen) atoms. The van der Waals surface area contributed by atoms with E-state index in [1.807, 2.05) is 55.4 Å². The number of esters is 2. The van der Waals surface area contributed by atoms with E-state index in [9.17, 15) is 34.2 Å². The number of Topliss-reactive ketones (excluding diaryl/α,β-unsaturated/α-hetero) is 1. The van der Waals surface area contributed by atoms with Gasteiger partial charge in [0.25, 0.3) is 0 Å². The summed E-state index contributed by atoms with van der Waals surface area (Å²) in [6, 6.07) is -0.569. The highest BCUT2D eigenvalue weighted by Crippen LogP contribution is 2.47. The van der Waals surface area contributed by atoms with Crippen molar-refractivity contribution in [2.75, 3.05) is 68.6 Å². The molecule has 30 nitrogen and oxygen atoms in total. The molecule has 7 unspecified atom stereocenters. The van der Waals surface area contributed by atoms with Gasteiger partial charge in [-0.3, -0.25) is 9.69 Å². The third-order valence-electron chi connectivity index (χ3n) is 22.6. The van der Waals surface area contributed by atoms with Crippen molar-refractivity contribution in [3.05, 3.63) is 43.6 Å². The topological polar surface area (TPSA) is 373 Å². The third-order valence-corrected chi connectivity index (χ3v) is 22.6. The third kappa shape index (κ3) is 23.7. The van der Waals surface area contributed by atoms with Gasteiger partial charge in [-0.2, -0.15) is 0 Å². The maximum atomic E-state index is 13.3. The summed E-state index contributed by atoms with van der Waals surface area (Å²) >= 11 is 0. The Morgan fingerprint density at radius 1 is 0.636 bits per heavy atom. The van der Waals surface area contributed by atoms with Crippen molar-refractivity contribution in [2.45, 2.75) is 336 Å². The quantitative estimate of drug-likeness (QED) is 0.0131. The van der Waals surface area contributed by atoms with Crippen LogP contribution in [0.3, 0.4) is 0 Å². The molecule has 0 saturated carbocycles. The largest absolute Gasteiger partial charge is 0.456 e. The number of unbranched alkanes of at least 4 members (excludes halogenated alkanes) is 2. The first-order chi connectivity index (χ1) is 49.6. The minimum atomic E-state index is -1.15. The molecule has 0 radical (unpaired) electrons. The number of azide groups is 2. The fraction of sp³-hybridized carbons (Fsp3) is 0.883. The Kier molecular flexibility index (Phi) is 35.1. The van der Waals surface area contributed by atoms with Gasteiger partial charge in [-0.15, -0.1) is 0 Å². The van der Waals surface area contributed by atoms with Gasteiger partial charge in [-0.1, -0.05) is 65.6 Å². The summed E-state index contributed by atoms with van der Waals surface area (Å²) in [5, 5.41) is 28.5. The van der Waals surface area contributed by atoms with Crippen LogP contribution in [0.2, 0.25) is 0 Å². The zero-order valence-corrected chi connectivity index (χ0v) is 70.0. The van der Waals surface area contributed by atoms with Crippen molar-refractivity contribution in [3.63, 3.8) is 0 Å². The molecular formula is C77H137N11O19. The summed E-state index contributed by atoms with van der Waals surface area (Å²) in [5.74, 6) is -2.88. The molecule has 0 aliphatic carbocycles. The Morgan fingerprint density at radius 2 is 1.01 bits per heavy atom. The highest BCUT2D eigenvalue weighted by atomic mass is 16.7. The number of ketones is 1. The Hall–Kier alpha value is -5.59. The van der Waals surface area contributed by atoms with Crippen LogP contribution in [0.4, 0.5) is 9.59 Å². The molecule has 30 heteroatoms. The molecule has 0 aromatic rings. The van der Waals surface area contributed by atoms with E-state index in [0.29, 0.717) is 100 Å². The second-order valence-electron chi connectivity index (χ2n) is 33.2. The SMILES string of the molecule is CC[C@@H](O)[C@@]1(C)OC(=O)N(CCCCN=[N+]=[N-])[C@@H]1[C@@H](C)CC(C)C[C@@](C)(OC)[C@H](O[C@@H]1O[C@H](C)CC(N(C)C)[C@H]1C)C(C)C1=C(C)C(=O)OC(C)(C)O1.CC[C@@H](O)[C@@]1(C)OC(=O)N(CCCCN=[N+]=[N-])[C@@H]1[C@@H](C)N.CO[C@](C)(CC(C)=O)[C@H](O[C@@H]1OC(C)CC(N(C)C)C1C)C(C)C1=C(C)C(=O)OC(C)(C)O1. The number of carbonyl (C=O) groups is 5. The lowest BCUT2D eigenvalue weighted by Gasteiger charge is -2.48. The monoisotopic (exact) mass is 1520 g/mol. The minimum absolute atomic E-state index is 0.0111. The first-order valence-electron chi connectivity index (χ1n) is 38.6. The van der Waals surface area contributed by atoms with Crippen LogP contribution >= 0.6 is 0 Å². The zero-order chi connectivity index (χ0) is 81.4. The fourth-order valence-corrected chi connectivity index (χ4v) is 17.1. The van der Waals surface area contributed by atoms with E-state index >= 15 is 0 Å². The molecule has 6 heterocycles. The molecule has 0 spiro atoms. The van der Waals surface area contributed by atoms with Crippen LogP contribution in [0.15, 0.2) is 32.9 Å². The van der Waals surface area contributed by atoms with Gasteiger partial charge in [0.05, 0.1) is 71.1 Å². The highest BCUT2D eigenvalue weighted by molar-refractivity contribution is 5.90. The maximum absolute atomic E-state index is 13.3. The van der Waals surface area contributed by atoms with E-state index in [-0.39, 0.29) is 78.3 Å². The average molecular weight is 1520 g/mol. The molecule has 4 saturated heterocycles. The Balaban J connectivity index is 0.000000379. The molecule has 4 fully saturated rings. The van der Waals surface area contributed by atoms with Gasteiger partial charge in [0.2, 0.25) is 11.6 Å². The van der Waals surface area contributed by atoms with Crippen molar-refractivity contribution in [1.82, 2.24) is 19.6 Å². The molecule has 6 aliphatic heterocycles. The van der Waals surface area contributed by atoms with E-state index in [4.69, 9.17) is 73.6 Å². The summed E-state index contributed by atoms with van der Waals surface area (Å²) < 4.78 is 73.7. The van der Waals surface area contributed by atoms with Gasteiger partial charge in [0.15, 0.2) is 23.8 Å². The van der Waals surface area contributed by atoms with Crippen molar-refractivity contribution in [3.8, 4) is 0 Å². The van der Waals surface area contributed by atoms with Crippen LogP contribution in [-0.2, 0) is 71.2 Å². The molecule has 4 N–H and O–H groups in total.